The molecule has 4 N–H and O–H groups in total. The number of carbonyl (C=O) groups excluding carboxylic acids is 3. The van der Waals surface area contributed by atoms with E-state index in [0.29, 0.717) is 32.2 Å². The number of amides is 3. The van der Waals surface area contributed by atoms with Crippen LogP contribution in [0, 0.1) is 5.92 Å². The van der Waals surface area contributed by atoms with E-state index in [0.717, 1.165) is 12.8 Å². The molecule has 1 saturated heterocycles. The molecule has 0 spiro atoms. The molecule has 27 heavy (non-hydrogen) atoms. The summed E-state index contributed by atoms with van der Waals surface area (Å²) in [6.07, 6.45) is 3.29. The van der Waals surface area contributed by atoms with Crippen LogP contribution in [-0.4, -0.2) is 47.8 Å². The Bertz CT molecular complexity index is 574. The Labute approximate surface area is 160 Å². The zero-order valence-corrected chi connectivity index (χ0v) is 16.8. The van der Waals surface area contributed by atoms with Gasteiger partial charge in [-0.1, -0.05) is 12.8 Å². The molecule has 2 aliphatic rings. The Morgan fingerprint density at radius 2 is 1.89 bits per heavy atom. The molecule has 3 amide bonds. The van der Waals surface area contributed by atoms with Crippen molar-refractivity contribution in [2.45, 2.75) is 89.6 Å². The Morgan fingerprint density at radius 3 is 2.48 bits per heavy atom. The number of alkyl carbamates (subject to hydrolysis) is 1. The summed E-state index contributed by atoms with van der Waals surface area (Å²) in [5.41, 5.74) is 4.01. The van der Waals surface area contributed by atoms with Gasteiger partial charge in [-0.3, -0.25) is 9.59 Å². The lowest BCUT2D eigenvalue weighted by Crippen LogP contribution is -2.58. The van der Waals surface area contributed by atoms with Crippen molar-refractivity contribution < 1.29 is 23.9 Å². The highest BCUT2D eigenvalue weighted by Crippen LogP contribution is 2.34. The number of hydrogen-bond donors (Lipinski definition) is 3. The van der Waals surface area contributed by atoms with Gasteiger partial charge in [0.1, 0.15) is 11.7 Å². The van der Waals surface area contributed by atoms with Crippen molar-refractivity contribution in [2.24, 2.45) is 11.7 Å². The summed E-state index contributed by atoms with van der Waals surface area (Å²) in [6.45, 7) is 7.65. The third-order valence-electron chi connectivity index (χ3n) is 5.24. The second-order valence-electron chi connectivity index (χ2n) is 8.81. The third kappa shape index (κ3) is 6.09. The average molecular weight is 383 g/mol. The molecule has 4 unspecified atom stereocenters. The average Bonchev–Trinajstić information content (AvgIpc) is 2.99. The standard InChI is InChI=1S/C19H33N3O5/c1-18(2,3)27-17(25)22-19(4)10-6-5-7-13(19)16(24)21-11-12-8-9-14(26-12)15(20)23/h12-14H,5-11H2,1-4H3,(H2,20,23)(H,21,24)(H,22,25). The number of nitrogens with two attached hydrogens (primary N) is 1. The molecule has 154 valence electrons. The zero-order chi connectivity index (χ0) is 20.2. The summed E-state index contributed by atoms with van der Waals surface area (Å²) in [7, 11) is 0. The van der Waals surface area contributed by atoms with E-state index in [1.165, 1.54) is 0 Å². The maximum absolute atomic E-state index is 12.8. The van der Waals surface area contributed by atoms with Gasteiger partial charge in [-0.15, -0.1) is 0 Å². The van der Waals surface area contributed by atoms with Crippen LogP contribution < -0.4 is 16.4 Å². The van der Waals surface area contributed by atoms with Crippen LogP contribution in [0.25, 0.3) is 0 Å². The minimum atomic E-state index is -0.656. The monoisotopic (exact) mass is 383 g/mol. The van der Waals surface area contributed by atoms with Gasteiger partial charge in [0, 0.05) is 6.54 Å². The van der Waals surface area contributed by atoms with Gasteiger partial charge in [0.05, 0.1) is 17.6 Å². The second kappa shape index (κ2) is 8.46. The van der Waals surface area contributed by atoms with Gasteiger partial charge in [-0.05, 0) is 53.4 Å². The Hall–Kier alpha value is -1.83. The quantitative estimate of drug-likeness (QED) is 0.666. The number of carbonyl (C=O) groups is 3. The highest BCUT2D eigenvalue weighted by atomic mass is 16.6. The molecule has 8 nitrogen and oxygen atoms in total. The van der Waals surface area contributed by atoms with E-state index in [-0.39, 0.29) is 17.9 Å². The number of rotatable bonds is 5. The van der Waals surface area contributed by atoms with Crippen molar-refractivity contribution in [1.29, 1.82) is 0 Å². The van der Waals surface area contributed by atoms with Crippen LogP contribution in [0.1, 0.15) is 66.2 Å². The van der Waals surface area contributed by atoms with E-state index in [4.69, 9.17) is 15.2 Å². The normalized spacial score (nSPS) is 31.2. The first-order valence-corrected chi connectivity index (χ1v) is 9.74. The fourth-order valence-corrected chi connectivity index (χ4v) is 3.84. The van der Waals surface area contributed by atoms with Crippen molar-refractivity contribution in [2.75, 3.05) is 6.54 Å². The lowest BCUT2D eigenvalue weighted by molar-refractivity contribution is -0.130. The summed E-state index contributed by atoms with van der Waals surface area (Å²) in [4.78, 5) is 36.2. The van der Waals surface area contributed by atoms with Crippen LogP contribution >= 0.6 is 0 Å². The van der Waals surface area contributed by atoms with Gasteiger partial charge in [-0.25, -0.2) is 4.79 Å². The second-order valence-corrected chi connectivity index (χ2v) is 8.81. The van der Waals surface area contributed by atoms with E-state index in [2.05, 4.69) is 10.6 Å². The SMILES string of the molecule is CC(C)(C)OC(=O)NC1(C)CCCCC1C(=O)NCC1CCC(C(N)=O)O1. The molecule has 8 heteroatoms. The van der Waals surface area contributed by atoms with Gasteiger partial charge in [0.15, 0.2) is 0 Å². The first-order chi connectivity index (χ1) is 12.5. The maximum Gasteiger partial charge on any atom is 0.408 e. The fourth-order valence-electron chi connectivity index (χ4n) is 3.84. The highest BCUT2D eigenvalue weighted by Gasteiger charge is 2.43. The van der Waals surface area contributed by atoms with Gasteiger partial charge in [0.2, 0.25) is 11.8 Å². The fraction of sp³-hybridized carbons (Fsp3) is 0.842. The molecule has 0 aromatic rings. The van der Waals surface area contributed by atoms with Gasteiger partial charge in [-0.2, -0.15) is 0 Å². The van der Waals surface area contributed by atoms with Crippen molar-refractivity contribution in [3.05, 3.63) is 0 Å². The molecule has 0 aromatic heterocycles. The van der Waals surface area contributed by atoms with Crippen LogP contribution in [0.4, 0.5) is 4.79 Å². The van der Waals surface area contributed by atoms with Crippen LogP contribution in [0.5, 0.6) is 0 Å². The summed E-state index contributed by atoms with van der Waals surface area (Å²) >= 11 is 0. The van der Waals surface area contributed by atoms with Crippen molar-refractivity contribution in [1.82, 2.24) is 10.6 Å². The van der Waals surface area contributed by atoms with Crippen LogP contribution in [0.3, 0.4) is 0 Å². The molecule has 0 bridgehead atoms. The molecule has 0 radical (unpaired) electrons. The van der Waals surface area contributed by atoms with E-state index in [9.17, 15) is 14.4 Å². The molecule has 1 heterocycles. The summed E-state index contributed by atoms with van der Waals surface area (Å²) in [6, 6.07) is 0. The van der Waals surface area contributed by atoms with Crippen LogP contribution in [-0.2, 0) is 19.1 Å². The number of primary amides is 1. The molecule has 4 atom stereocenters. The van der Waals surface area contributed by atoms with Gasteiger partial charge >= 0.3 is 6.09 Å². The van der Waals surface area contributed by atoms with E-state index < -0.39 is 29.2 Å². The predicted octanol–water partition coefficient (Wildman–Crippen LogP) is 1.61. The van der Waals surface area contributed by atoms with Crippen LogP contribution in [0.15, 0.2) is 0 Å². The molecule has 1 aliphatic heterocycles. The predicted molar refractivity (Wildman–Crippen MR) is 99.8 cm³/mol. The Morgan fingerprint density at radius 1 is 1.19 bits per heavy atom. The first kappa shape index (κ1) is 21.5. The first-order valence-electron chi connectivity index (χ1n) is 9.74. The van der Waals surface area contributed by atoms with Crippen molar-refractivity contribution in [3.63, 3.8) is 0 Å². The van der Waals surface area contributed by atoms with E-state index >= 15 is 0 Å². The molecular weight excluding hydrogens is 350 g/mol. The summed E-state index contributed by atoms with van der Waals surface area (Å²) in [5.74, 6) is -0.920. The summed E-state index contributed by atoms with van der Waals surface area (Å²) in [5, 5.41) is 5.84. The lowest BCUT2D eigenvalue weighted by Gasteiger charge is -2.41. The Kier molecular flexibility index (Phi) is 6.72. The number of hydrogen-bond acceptors (Lipinski definition) is 5. The van der Waals surface area contributed by atoms with E-state index in [1.54, 1.807) is 20.8 Å². The van der Waals surface area contributed by atoms with E-state index in [1.807, 2.05) is 6.92 Å². The number of nitrogens with one attached hydrogen (secondary N) is 2. The Balaban J connectivity index is 1.92. The molecular formula is C19H33N3O5. The lowest BCUT2D eigenvalue weighted by atomic mass is 9.73. The van der Waals surface area contributed by atoms with Gasteiger partial charge in [0.25, 0.3) is 0 Å². The third-order valence-corrected chi connectivity index (χ3v) is 5.24. The molecule has 2 rings (SSSR count). The molecule has 1 aliphatic carbocycles. The topological polar surface area (TPSA) is 120 Å². The molecule has 0 aromatic carbocycles. The molecule has 1 saturated carbocycles. The van der Waals surface area contributed by atoms with Crippen molar-refractivity contribution >= 4 is 17.9 Å². The smallest absolute Gasteiger partial charge is 0.408 e. The van der Waals surface area contributed by atoms with Crippen LogP contribution in [0.2, 0.25) is 0 Å². The highest BCUT2D eigenvalue weighted by molar-refractivity contribution is 5.81. The summed E-state index contributed by atoms with van der Waals surface area (Å²) < 4.78 is 10.9. The largest absolute Gasteiger partial charge is 0.444 e. The van der Waals surface area contributed by atoms with Gasteiger partial charge < -0.3 is 25.8 Å². The minimum absolute atomic E-state index is 0.112. The molecule has 2 fully saturated rings. The maximum atomic E-state index is 12.8. The number of ether oxygens (including phenoxy) is 2. The zero-order valence-electron chi connectivity index (χ0n) is 16.8. The minimum Gasteiger partial charge on any atom is -0.444 e. The van der Waals surface area contributed by atoms with Crippen molar-refractivity contribution in [3.8, 4) is 0 Å².